The van der Waals surface area contributed by atoms with Crippen molar-refractivity contribution in [3.8, 4) is 0 Å². The van der Waals surface area contributed by atoms with Crippen molar-refractivity contribution < 1.29 is 4.79 Å². The predicted octanol–water partition coefficient (Wildman–Crippen LogP) is 4.66. The van der Waals surface area contributed by atoms with Crippen LogP contribution < -0.4 is 10.6 Å². The zero-order valence-electron chi connectivity index (χ0n) is 11.8. The molecule has 0 radical (unpaired) electrons. The van der Waals surface area contributed by atoms with Crippen molar-refractivity contribution in [2.75, 3.05) is 17.2 Å². The zero-order chi connectivity index (χ0) is 15.4. The molecule has 5 heteroatoms. The Kier molecular flexibility index (Phi) is 5.10. The summed E-state index contributed by atoms with van der Waals surface area (Å²) in [6.45, 7) is 4.14. The molecule has 0 aliphatic heterocycles. The molecule has 0 heterocycles. The molecule has 0 aliphatic carbocycles. The lowest BCUT2D eigenvalue weighted by atomic mass is 10.1. The first kappa shape index (κ1) is 15.7. The van der Waals surface area contributed by atoms with E-state index in [2.05, 4.69) is 10.6 Å². The van der Waals surface area contributed by atoms with Crippen molar-refractivity contribution in [3.63, 3.8) is 0 Å². The van der Waals surface area contributed by atoms with Gasteiger partial charge in [0, 0.05) is 5.69 Å². The minimum atomic E-state index is -0.201. The van der Waals surface area contributed by atoms with Crippen molar-refractivity contribution in [3.05, 3.63) is 57.6 Å². The van der Waals surface area contributed by atoms with Gasteiger partial charge in [0.05, 0.1) is 22.3 Å². The van der Waals surface area contributed by atoms with Crippen molar-refractivity contribution in [1.82, 2.24) is 0 Å². The Hall–Kier alpha value is -1.71. The molecule has 2 aromatic carbocycles. The lowest BCUT2D eigenvalue weighted by Crippen LogP contribution is -2.22. The number of hydrogen-bond acceptors (Lipinski definition) is 2. The number of rotatable bonds is 4. The molecule has 3 nitrogen and oxygen atoms in total. The molecule has 2 aromatic rings. The van der Waals surface area contributed by atoms with Gasteiger partial charge in [0.25, 0.3) is 0 Å². The van der Waals surface area contributed by atoms with Crippen LogP contribution in [0.2, 0.25) is 10.0 Å². The molecule has 0 atom stereocenters. The van der Waals surface area contributed by atoms with Crippen LogP contribution in [0, 0.1) is 13.8 Å². The maximum Gasteiger partial charge on any atom is 0.243 e. The van der Waals surface area contributed by atoms with E-state index >= 15 is 0 Å². The van der Waals surface area contributed by atoms with E-state index < -0.39 is 0 Å². The summed E-state index contributed by atoms with van der Waals surface area (Å²) in [5.74, 6) is -0.201. The fraction of sp³-hybridized carbons (Fsp3) is 0.188. The van der Waals surface area contributed by atoms with Crippen molar-refractivity contribution >= 4 is 40.5 Å². The number of anilines is 2. The van der Waals surface area contributed by atoms with Gasteiger partial charge in [0.1, 0.15) is 0 Å². The Morgan fingerprint density at radius 2 is 1.48 bits per heavy atom. The summed E-state index contributed by atoms with van der Waals surface area (Å²) in [6.07, 6.45) is 0. The van der Waals surface area contributed by atoms with Crippen molar-refractivity contribution in [2.24, 2.45) is 0 Å². The molecule has 2 N–H and O–H groups in total. The molecule has 0 aromatic heterocycles. The van der Waals surface area contributed by atoms with E-state index in [0.29, 0.717) is 15.7 Å². The average molecular weight is 323 g/mol. The smallest absolute Gasteiger partial charge is 0.243 e. The van der Waals surface area contributed by atoms with Gasteiger partial charge >= 0.3 is 0 Å². The molecule has 2 rings (SSSR count). The van der Waals surface area contributed by atoms with Gasteiger partial charge in [-0.1, -0.05) is 47.5 Å². The SMILES string of the molecule is Cc1cccc(C)c1NCC(=O)Nc1c(Cl)cccc1Cl. The molecule has 0 unspecified atom stereocenters. The normalized spacial score (nSPS) is 10.3. The second-order valence-corrected chi connectivity index (χ2v) is 5.58. The van der Waals surface area contributed by atoms with Gasteiger partial charge in [-0.2, -0.15) is 0 Å². The van der Waals surface area contributed by atoms with Crippen LogP contribution in [-0.2, 0) is 4.79 Å². The standard InChI is InChI=1S/C16H16Cl2N2O/c1-10-5-3-6-11(2)15(10)19-9-14(21)20-16-12(17)7-4-8-13(16)18/h3-8,19H,9H2,1-2H3,(H,20,21). The third kappa shape index (κ3) is 3.90. The Morgan fingerprint density at radius 1 is 0.952 bits per heavy atom. The second-order valence-electron chi connectivity index (χ2n) is 4.77. The van der Waals surface area contributed by atoms with Crippen LogP contribution in [0.25, 0.3) is 0 Å². The van der Waals surface area contributed by atoms with Gasteiger partial charge in [-0.25, -0.2) is 0 Å². The highest BCUT2D eigenvalue weighted by Crippen LogP contribution is 2.29. The summed E-state index contributed by atoms with van der Waals surface area (Å²) in [6, 6.07) is 11.1. The van der Waals surface area contributed by atoms with Gasteiger partial charge in [-0.3, -0.25) is 4.79 Å². The van der Waals surface area contributed by atoms with Crippen molar-refractivity contribution in [1.29, 1.82) is 0 Å². The topological polar surface area (TPSA) is 41.1 Å². The third-order valence-electron chi connectivity index (χ3n) is 3.13. The second kappa shape index (κ2) is 6.83. The quantitative estimate of drug-likeness (QED) is 0.859. The minimum absolute atomic E-state index is 0.146. The monoisotopic (exact) mass is 322 g/mol. The molecule has 1 amide bonds. The van der Waals surface area contributed by atoms with E-state index in [1.165, 1.54) is 0 Å². The summed E-state index contributed by atoms with van der Waals surface area (Å²) < 4.78 is 0. The Balaban J connectivity index is 2.03. The van der Waals surface area contributed by atoms with E-state index in [4.69, 9.17) is 23.2 Å². The first-order valence-corrected chi connectivity index (χ1v) is 7.28. The van der Waals surface area contributed by atoms with Gasteiger partial charge in [-0.15, -0.1) is 0 Å². The van der Waals surface area contributed by atoms with Gasteiger partial charge in [-0.05, 0) is 37.1 Å². The van der Waals surface area contributed by atoms with E-state index in [1.54, 1.807) is 18.2 Å². The van der Waals surface area contributed by atoms with Gasteiger partial charge in [0.2, 0.25) is 5.91 Å². The van der Waals surface area contributed by atoms with Crippen molar-refractivity contribution in [2.45, 2.75) is 13.8 Å². The Labute approximate surface area is 134 Å². The molecule has 21 heavy (non-hydrogen) atoms. The number of amides is 1. The number of halogens is 2. The van der Waals surface area contributed by atoms with E-state index in [1.807, 2.05) is 32.0 Å². The summed E-state index contributed by atoms with van der Waals surface area (Å²) >= 11 is 12.0. The average Bonchev–Trinajstić information content (AvgIpc) is 2.42. The number of para-hydroxylation sites is 2. The van der Waals surface area contributed by atoms with Crippen LogP contribution in [0.5, 0.6) is 0 Å². The molecule has 110 valence electrons. The summed E-state index contributed by atoms with van der Waals surface area (Å²) in [7, 11) is 0. The number of benzene rings is 2. The fourth-order valence-corrected chi connectivity index (χ4v) is 2.55. The fourth-order valence-electron chi connectivity index (χ4n) is 2.06. The lowest BCUT2D eigenvalue weighted by Gasteiger charge is -2.13. The zero-order valence-corrected chi connectivity index (χ0v) is 13.3. The van der Waals surface area contributed by atoms with Crippen LogP contribution in [0.3, 0.4) is 0 Å². The lowest BCUT2D eigenvalue weighted by molar-refractivity contribution is -0.114. The number of nitrogens with one attached hydrogen (secondary N) is 2. The molecule has 0 spiro atoms. The molecule has 0 saturated heterocycles. The van der Waals surface area contributed by atoms with Crippen LogP contribution in [0.4, 0.5) is 11.4 Å². The van der Waals surface area contributed by atoms with E-state index in [-0.39, 0.29) is 12.5 Å². The van der Waals surface area contributed by atoms with E-state index in [0.717, 1.165) is 16.8 Å². The minimum Gasteiger partial charge on any atom is -0.376 e. The van der Waals surface area contributed by atoms with Gasteiger partial charge < -0.3 is 10.6 Å². The largest absolute Gasteiger partial charge is 0.376 e. The highest BCUT2D eigenvalue weighted by molar-refractivity contribution is 6.39. The molecule has 0 bridgehead atoms. The molecular weight excluding hydrogens is 307 g/mol. The number of carbonyl (C=O) groups is 1. The molecule has 0 fully saturated rings. The predicted molar refractivity (Wildman–Crippen MR) is 89.5 cm³/mol. The third-order valence-corrected chi connectivity index (χ3v) is 3.76. The van der Waals surface area contributed by atoms with Crippen LogP contribution in [-0.4, -0.2) is 12.5 Å². The van der Waals surface area contributed by atoms with Crippen LogP contribution in [0.15, 0.2) is 36.4 Å². The van der Waals surface area contributed by atoms with Crippen LogP contribution >= 0.6 is 23.2 Å². The highest BCUT2D eigenvalue weighted by atomic mass is 35.5. The molecule has 0 aliphatic rings. The number of hydrogen-bond donors (Lipinski definition) is 2. The number of carbonyl (C=O) groups excluding carboxylic acids is 1. The van der Waals surface area contributed by atoms with E-state index in [9.17, 15) is 4.79 Å². The molecular formula is C16H16Cl2N2O. The summed E-state index contributed by atoms with van der Waals surface area (Å²) in [4.78, 5) is 12.0. The maximum absolute atomic E-state index is 12.0. The summed E-state index contributed by atoms with van der Waals surface area (Å²) in [5.41, 5.74) is 3.60. The maximum atomic E-state index is 12.0. The van der Waals surface area contributed by atoms with Crippen LogP contribution in [0.1, 0.15) is 11.1 Å². The first-order valence-electron chi connectivity index (χ1n) is 6.53. The Bertz CT molecular complexity index is 631. The Morgan fingerprint density at radius 3 is 2.05 bits per heavy atom. The summed E-state index contributed by atoms with van der Waals surface area (Å²) in [5, 5.41) is 6.70. The highest BCUT2D eigenvalue weighted by Gasteiger charge is 2.10. The number of aryl methyl sites for hydroxylation is 2. The van der Waals surface area contributed by atoms with Gasteiger partial charge in [0.15, 0.2) is 0 Å². The molecule has 0 saturated carbocycles. The first-order chi connectivity index (χ1) is 9.99.